The summed E-state index contributed by atoms with van der Waals surface area (Å²) in [5.41, 5.74) is 0. The molecule has 0 atom stereocenters. The van der Waals surface area contributed by atoms with Crippen molar-refractivity contribution in [2.45, 2.75) is 80.2 Å². The van der Waals surface area contributed by atoms with Crippen molar-refractivity contribution in [3.63, 3.8) is 0 Å². The van der Waals surface area contributed by atoms with Gasteiger partial charge in [-0.05, 0) is 6.42 Å². The topological polar surface area (TPSA) is 0 Å². The highest BCUT2D eigenvalue weighted by Crippen LogP contribution is 2.64. The second-order valence-corrected chi connectivity index (χ2v) is 6.47. The van der Waals surface area contributed by atoms with Crippen LogP contribution in [0.1, 0.15) is 32.6 Å². The number of unbranched alkanes of at least 4 members (excludes halogenated alkanes) is 2. The highest BCUT2D eigenvalue weighted by Gasteiger charge is 2.95. The van der Waals surface area contributed by atoms with Crippen LogP contribution in [0.5, 0.6) is 0 Å². The second kappa shape index (κ2) is 8.72. The first-order valence-electron chi connectivity index (χ1n) is 8.17. The largest absolute Gasteiger partial charge is 0.460 e. The number of hydrogen-bond acceptors (Lipinski definition) is 0. The van der Waals surface area contributed by atoms with E-state index in [1.54, 1.807) is 6.92 Å². The van der Waals surface area contributed by atoms with Crippen LogP contribution in [0.4, 0.5) is 74.6 Å². The molecule has 0 N–H and O–H groups in total. The molecule has 0 spiro atoms. The fraction of sp³-hybridized carbons (Fsp3) is 0.867. The fourth-order valence-corrected chi connectivity index (χ4v) is 2.00. The Morgan fingerprint density at radius 3 is 1.16 bits per heavy atom. The molecule has 32 heavy (non-hydrogen) atoms. The van der Waals surface area contributed by atoms with Gasteiger partial charge in [0.05, 0.1) is 0 Å². The van der Waals surface area contributed by atoms with E-state index in [2.05, 4.69) is 0 Å². The van der Waals surface area contributed by atoms with Crippen molar-refractivity contribution < 1.29 is 74.6 Å². The first-order chi connectivity index (χ1) is 13.8. The van der Waals surface area contributed by atoms with E-state index in [1.165, 1.54) is 0 Å². The summed E-state index contributed by atoms with van der Waals surface area (Å²) >= 11 is 0. The van der Waals surface area contributed by atoms with Gasteiger partial charge in [-0.3, -0.25) is 0 Å². The van der Waals surface area contributed by atoms with Gasteiger partial charge in [0.1, 0.15) is 0 Å². The van der Waals surface area contributed by atoms with Gasteiger partial charge < -0.3 is 0 Å². The number of halogens is 17. The molecule has 0 rings (SSSR count). The summed E-state index contributed by atoms with van der Waals surface area (Å²) in [7, 11) is 0. The smallest absolute Gasteiger partial charge is 0.199 e. The Hall–Kier alpha value is -1.45. The molecule has 0 unspecified atom stereocenters. The number of allylic oxidation sites excluding steroid dienone is 2. The average Bonchev–Trinajstić information content (AvgIpc) is 2.59. The molecular weight excluding hydrogens is 503 g/mol. The molecule has 0 aromatic heterocycles. The van der Waals surface area contributed by atoms with Crippen LogP contribution in [0.3, 0.4) is 0 Å². The first kappa shape index (κ1) is 30.6. The lowest BCUT2D eigenvalue weighted by Crippen LogP contribution is -2.74. The molecule has 0 fully saturated rings. The third kappa shape index (κ3) is 4.48. The van der Waals surface area contributed by atoms with Crippen molar-refractivity contribution in [2.24, 2.45) is 0 Å². The molecule has 0 saturated carbocycles. The maximum absolute atomic E-state index is 13.5. The predicted molar refractivity (Wildman–Crippen MR) is 74.0 cm³/mol. The number of rotatable bonds is 11. The van der Waals surface area contributed by atoms with Gasteiger partial charge >= 0.3 is 47.6 Å². The Labute approximate surface area is 168 Å². The van der Waals surface area contributed by atoms with Gasteiger partial charge in [-0.25, -0.2) is 0 Å². The lowest BCUT2D eigenvalue weighted by Gasteiger charge is -2.42. The van der Waals surface area contributed by atoms with Crippen molar-refractivity contribution in [3.8, 4) is 0 Å². The van der Waals surface area contributed by atoms with E-state index in [1.807, 2.05) is 0 Å². The highest BCUT2D eigenvalue weighted by molar-refractivity contribution is 5.15. The van der Waals surface area contributed by atoms with Gasteiger partial charge in [0.15, 0.2) is 0 Å². The SMILES string of the molecule is CCCCC=CCC(F)(F)C(F)(F)C(F)(F)C(F)(F)C(F)(F)C(F)(F)C(F)(F)C(F)(F)F. The van der Waals surface area contributed by atoms with E-state index >= 15 is 0 Å². The molecular formula is C15H13F17. The van der Waals surface area contributed by atoms with Crippen molar-refractivity contribution in [1.82, 2.24) is 0 Å². The summed E-state index contributed by atoms with van der Waals surface area (Å²) in [6.07, 6.45) is -8.98. The lowest BCUT2D eigenvalue weighted by atomic mass is 9.88. The Morgan fingerprint density at radius 2 is 0.812 bits per heavy atom. The third-order valence-corrected chi connectivity index (χ3v) is 4.05. The molecule has 0 bridgehead atoms. The first-order valence-corrected chi connectivity index (χ1v) is 8.17. The zero-order valence-corrected chi connectivity index (χ0v) is 15.4. The molecule has 17 heteroatoms. The van der Waals surface area contributed by atoms with Gasteiger partial charge in [0.25, 0.3) is 0 Å². The van der Waals surface area contributed by atoms with E-state index < -0.39 is 54.1 Å². The fourth-order valence-electron chi connectivity index (χ4n) is 2.00. The summed E-state index contributed by atoms with van der Waals surface area (Å²) in [6, 6.07) is 0. The number of hydrogen-bond donors (Lipinski definition) is 0. The van der Waals surface area contributed by atoms with Crippen LogP contribution in [0.15, 0.2) is 12.2 Å². The Balaban J connectivity index is 6.39. The maximum atomic E-state index is 13.5. The Morgan fingerprint density at radius 1 is 0.469 bits per heavy atom. The van der Waals surface area contributed by atoms with Crippen LogP contribution >= 0.6 is 0 Å². The van der Waals surface area contributed by atoms with Crippen LogP contribution < -0.4 is 0 Å². The van der Waals surface area contributed by atoms with E-state index in [9.17, 15) is 74.6 Å². The summed E-state index contributed by atoms with van der Waals surface area (Å²) in [5, 5.41) is 0. The van der Waals surface area contributed by atoms with E-state index in [4.69, 9.17) is 0 Å². The van der Waals surface area contributed by atoms with Crippen LogP contribution in [0.2, 0.25) is 0 Å². The van der Waals surface area contributed by atoms with Gasteiger partial charge in [-0.2, -0.15) is 74.6 Å². The Bertz CT molecular complexity index is 655. The van der Waals surface area contributed by atoms with Gasteiger partial charge in [-0.1, -0.05) is 31.9 Å². The van der Waals surface area contributed by atoms with E-state index in [0.717, 1.165) is 0 Å². The summed E-state index contributed by atoms with van der Waals surface area (Å²) in [4.78, 5) is 0. The normalized spacial score (nSPS) is 16.2. The number of alkyl halides is 17. The third-order valence-electron chi connectivity index (χ3n) is 4.05. The van der Waals surface area contributed by atoms with Crippen LogP contribution in [0, 0.1) is 0 Å². The maximum Gasteiger partial charge on any atom is 0.460 e. The summed E-state index contributed by atoms with van der Waals surface area (Å²) in [6.45, 7) is 1.57. The molecule has 0 aliphatic carbocycles. The zero-order valence-electron chi connectivity index (χ0n) is 15.4. The van der Waals surface area contributed by atoms with Gasteiger partial charge in [0.2, 0.25) is 0 Å². The molecule has 0 aliphatic rings. The van der Waals surface area contributed by atoms with Crippen molar-refractivity contribution in [2.75, 3.05) is 0 Å². The molecule has 0 radical (unpaired) electrons. The van der Waals surface area contributed by atoms with Crippen molar-refractivity contribution in [3.05, 3.63) is 12.2 Å². The monoisotopic (exact) mass is 516 g/mol. The molecule has 0 aliphatic heterocycles. The van der Waals surface area contributed by atoms with E-state index in [0.29, 0.717) is 12.5 Å². The molecule has 0 saturated heterocycles. The minimum Gasteiger partial charge on any atom is -0.199 e. The predicted octanol–water partition coefficient (Wildman–Crippen LogP) is 8.13. The molecule has 0 amide bonds. The van der Waals surface area contributed by atoms with Crippen LogP contribution in [-0.4, -0.2) is 47.6 Å². The minimum atomic E-state index is -8.58. The summed E-state index contributed by atoms with van der Waals surface area (Å²) in [5.74, 6) is -55.9. The molecule has 192 valence electrons. The average molecular weight is 516 g/mol. The molecule has 0 nitrogen and oxygen atoms in total. The van der Waals surface area contributed by atoms with Crippen molar-refractivity contribution in [1.29, 1.82) is 0 Å². The Kier molecular flexibility index (Phi) is 8.33. The highest BCUT2D eigenvalue weighted by atomic mass is 19.4. The van der Waals surface area contributed by atoms with Crippen LogP contribution in [0.25, 0.3) is 0 Å². The zero-order chi connectivity index (χ0) is 26.2. The quantitative estimate of drug-likeness (QED) is 0.148. The van der Waals surface area contributed by atoms with Gasteiger partial charge in [-0.15, -0.1) is 0 Å². The lowest BCUT2D eigenvalue weighted by molar-refractivity contribution is -0.461. The standard InChI is InChI=1S/C15H13F17/c1-2-3-4-5-6-7-8(16,17)9(18,19)10(20,21)11(22,23)12(24,25)13(26,27)14(28,29)15(30,31)32/h5-6H,2-4,7H2,1H3. The van der Waals surface area contributed by atoms with Gasteiger partial charge in [0, 0.05) is 6.42 Å². The minimum absolute atomic E-state index is 0.0440. The summed E-state index contributed by atoms with van der Waals surface area (Å²) < 4.78 is 221. The second-order valence-electron chi connectivity index (χ2n) is 6.47. The van der Waals surface area contributed by atoms with Crippen molar-refractivity contribution >= 4 is 0 Å². The van der Waals surface area contributed by atoms with Crippen LogP contribution in [-0.2, 0) is 0 Å². The molecule has 0 aromatic carbocycles. The molecule has 0 aromatic rings. The van der Waals surface area contributed by atoms with E-state index in [-0.39, 0.29) is 18.9 Å². The molecule has 0 heterocycles.